The maximum atomic E-state index is 12.1. The van der Waals surface area contributed by atoms with Crippen molar-refractivity contribution >= 4 is 5.91 Å². The Bertz CT molecular complexity index is 823. The Morgan fingerprint density at radius 2 is 1.80 bits per heavy atom. The van der Waals surface area contributed by atoms with Crippen LogP contribution in [-0.4, -0.2) is 23.9 Å². The number of carbonyl (C=O) groups excluding carboxylic acids is 1. The number of nitrogens with two attached hydrogens (primary N) is 1. The molecule has 3 rings (SSSR count). The molecule has 1 fully saturated rings. The number of rotatable bonds is 10. The minimum atomic E-state index is -0.361. The first kappa shape index (κ1) is 22.6. The molecule has 1 amide bonds. The summed E-state index contributed by atoms with van der Waals surface area (Å²) in [5.41, 5.74) is 10.8. The summed E-state index contributed by atoms with van der Waals surface area (Å²) >= 11 is 0. The van der Waals surface area contributed by atoms with E-state index in [1.807, 2.05) is 18.2 Å². The van der Waals surface area contributed by atoms with Crippen LogP contribution in [-0.2, 0) is 6.54 Å². The van der Waals surface area contributed by atoms with Crippen molar-refractivity contribution in [1.29, 1.82) is 0 Å². The van der Waals surface area contributed by atoms with E-state index in [1.54, 1.807) is 0 Å². The van der Waals surface area contributed by atoms with Crippen molar-refractivity contribution in [3.63, 3.8) is 0 Å². The lowest BCUT2D eigenvalue weighted by molar-refractivity contribution is 0.100. The third-order valence-electron chi connectivity index (χ3n) is 6.60. The van der Waals surface area contributed by atoms with E-state index in [4.69, 9.17) is 5.73 Å². The fourth-order valence-electron chi connectivity index (χ4n) is 4.75. The fourth-order valence-corrected chi connectivity index (χ4v) is 4.75. The van der Waals surface area contributed by atoms with E-state index in [9.17, 15) is 4.79 Å². The lowest BCUT2D eigenvalue weighted by atomic mass is 9.87. The molecule has 162 valence electrons. The molecule has 0 spiro atoms. The van der Waals surface area contributed by atoms with Gasteiger partial charge in [-0.25, -0.2) is 0 Å². The Morgan fingerprint density at radius 3 is 2.50 bits per heavy atom. The highest BCUT2D eigenvalue weighted by atomic mass is 16.1. The molecular formula is C27H38N2O. The van der Waals surface area contributed by atoms with Gasteiger partial charge in [0.2, 0.25) is 5.91 Å². The summed E-state index contributed by atoms with van der Waals surface area (Å²) in [5.74, 6) is 0.544. The van der Waals surface area contributed by atoms with Crippen LogP contribution in [0.2, 0.25) is 0 Å². The molecule has 1 aliphatic carbocycles. The molecule has 1 saturated carbocycles. The summed E-state index contributed by atoms with van der Waals surface area (Å²) in [7, 11) is 0. The minimum Gasteiger partial charge on any atom is -0.366 e. The van der Waals surface area contributed by atoms with E-state index < -0.39 is 0 Å². The number of carbonyl (C=O) groups is 1. The average molecular weight is 407 g/mol. The van der Waals surface area contributed by atoms with Crippen molar-refractivity contribution < 1.29 is 4.79 Å². The quantitative estimate of drug-likeness (QED) is 0.501. The normalized spacial score (nSPS) is 14.9. The molecule has 0 bridgehead atoms. The average Bonchev–Trinajstić information content (AvgIpc) is 2.76. The van der Waals surface area contributed by atoms with Crippen molar-refractivity contribution in [2.24, 2.45) is 11.7 Å². The number of aryl methyl sites for hydroxylation is 1. The van der Waals surface area contributed by atoms with Gasteiger partial charge in [0.05, 0.1) is 0 Å². The fraction of sp³-hybridized carbons (Fsp3) is 0.519. The largest absolute Gasteiger partial charge is 0.366 e. The number of benzene rings is 2. The highest BCUT2D eigenvalue weighted by molar-refractivity contribution is 6.00. The predicted molar refractivity (Wildman–Crippen MR) is 127 cm³/mol. The number of hydrogen-bond donors (Lipinski definition) is 1. The zero-order chi connectivity index (χ0) is 21.3. The number of amides is 1. The molecule has 2 aromatic carbocycles. The first-order valence-electron chi connectivity index (χ1n) is 11.8. The summed E-state index contributed by atoms with van der Waals surface area (Å²) in [6.07, 6.45) is 10.8. The van der Waals surface area contributed by atoms with Gasteiger partial charge in [-0.2, -0.15) is 0 Å². The van der Waals surface area contributed by atoms with Crippen LogP contribution in [0.3, 0.4) is 0 Å². The molecule has 0 aromatic heterocycles. The Balaban J connectivity index is 1.78. The van der Waals surface area contributed by atoms with Crippen LogP contribution in [0.15, 0.2) is 42.5 Å². The lowest BCUT2D eigenvalue weighted by Gasteiger charge is -2.27. The highest BCUT2D eigenvalue weighted by Crippen LogP contribution is 2.29. The number of hydrogen-bond acceptors (Lipinski definition) is 2. The smallest absolute Gasteiger partial charge is 0.249 e. The molecule has 0 aliphatic heterocycles. The van der Waals surface area contributed by atoms with Gasteiger partial charge in [-0.3, -0.25) is 9.69 Å². The SMILES string of the molecule is CCCCN(CCC1CCCCC1)Cc1ccc(C(N)=O)c(-c2ccccc2C)c1. The van der Waals surface area contributed by atoms with Crippen molar-refractivity contribution in [1.82, 2.24) is 4.90 Å². The molecule has 30 heavy (non-hydrogen) atoms. The molecule has 1 aliphatic rings. The van der Waals surface area contributed by atoms with E-state index in [0.29, 0.717) is 5.56 Å². The highest BCUT2D eigenvalue weighted by Gasteiger charge is 2.17. The summed E-state index contributed by atoms with van der Waals surface area (Å²) in [5, 5.41) is 0. The molecule has 0 heterocycles. The molecule has 3 nitrogen and oxygen atoms in total. The van der Waals surface area contributed by atoms with Crippen LogP contribution in [0.5, 0.6) is 0 Å². The Kier molecular flexibility index (Phi) is 8.50. The van der Waals surface area contributed by atoms with Gasteiger partial charge in [-0.05, 0) is 73.2 Å². The molecule has 2 N–H and O–H groups in total. The monoisotopic (exact) mass is 406 g/mol. The van der Waals surface area contributed by atoms with Crippen LogP contribution in [0.1, 0.15) is 79.8 Å². The van der Waals surface area contributed by atoms with Crippen molar-refractivity contribution in [3.8, 4) is 11.1 Å². The van der Waals surface area contributed by atoms with Gasteiger partial charge >= 0.3 is 0 Å². The third kappa shape index (κ3) is 6.18. The summed E-state index contributed by atoms with van der Waals surface area (Å²) < 4.78 is 0. The standard InChI is InChI=1S/C27H38N2O/c1-3-4-17-29(18-16-22-11-6-5-7-12-22)20-23-14-15-25(27(28)30)26(19-23)24-13-9-8-10-21(24)2/h8-10,13-15,19,22H,3-7,11-12,16-18,20H2,1-2H3,(H2,28,30). The number of nitrogens with zero attached hydrogens (tertiary/aromatic N) is 1. The summed E-state index contributed by atoms with van der Waals surface area (Å²) in [4.78, 5) is 14.7. The second-order valence-electron chi connectivity index (χ2n) is 8.98. The Labute approximate surface area is 182 Å². The second kappa shape index (κ2) is 11.3. The van der Waals surface area contributed by atoms with Crippen LogP contribution in [0.25, 0.3) is 11.1 Å². The number of unbranched alkanes of at least 4 members (excludes halogenated alkanes) is 1. The topological polar surface area (TPSA) is 46.3 Å². The van der Waals surface area contributed by atoms with Crippen molar-refractivity contribution in [3.05, 3.63) is 59.2 Å². The number of primary amides is 1. The molecule has 0 unspecified atom stereocenters. The van der Waals surface area contributed by atoms with Crippen molar-refractivity contribution in [2.75, 3.05) is 13.1 Å². The van der Waals surface area contributed by atoms with Crippen LogP contribution in [0, 0.1) is 12.8 Å². The van der Waals surface area contributed by atoms with E-state index in [-0.39, 0.29) is 5.91 Å². The Morgan fingerprint density at radius 1 is 1.03 bits per heavy atom. The van der Waals surface area contributed by atoms with Gasteiger partial charge in [0.15, 0.2) is 0 Å². The zero-order valence-electron chi connectivity index (χ0n) is 18.8. The molecule has 2 aromatic rings. The molecule has 0 atom stereocenters. The molecular weight excluding hydrogens is 368 g/mol. The van der Waals surface area contributed by atoms with Gasteiger partial charge in [-0.15, -0.1) is 0 Å². The molecule has 0 saturated heterocycles. The van der Waals surface area contributed by atoms with Crippen LogP contribution in [0.4, 0.5) is 0 Å². The van der Waals surface area contributed by atoms with E-state index in [1.165, 1.54) is 63.5 Å². The lowest BCUT2D eigenvalue weighted by Crippen LogP contribution is -2.27. The maximum absolute atomic E-state index is 12.1. The van der Waals surface area contributed by atoms with Gasteiger partial charge in [-0.1, -0.05) is 75.8 Å². The van der Waals surface area contributed by atoms with Crippen LogP contribution >= 0.6 is 0 Å². The zero-order valence-corrected chi connectivity index (χ0v) is 18.8. The Hall–Kier alpha value is -2.13. The minimum absolute atomic E-state index is 0.361. The molecule has 0 radical (unpaired) electrons. The summed E-state index contributed by atoms with van der Waals surface area (Å²) in [6, 6.07) is 14.4. The first-order chi connectivity index (χ1) is 14.6. The maximum Gasteiger partial charge on any atom is 0.249 e. The van der Waals surface area contributed by atoms with E-state index in [2.05, 4.69) is 43.0 Å². The second-order valence-corrected chi connectivity index (χ2v) is 8.98. The van der Waals surface area contributed by atoms with Gasteiger partial charge in [0, 0.05) is 12.1 Å². The van der Waals surface area contributed by atoms with Gasteiger partial charge in [0.1, 0.15) is 0 Å². The third-order valence-corrected chi connectivity index (χ3v) is 6.60. The predicted octanol–water partition coefficient (Wildman–Crippen LogP) is 6.33. The van der Waals surface area contributed by atoms with Crippen molar-refractivity contribution in [2.45, 2.75) is 71.8 Å². The van der Waals surface area contributed by atoms with E-state index in [0.717, 1.165) is 35.7 Å². The first-order valence-corrected chi connectivity index (χ1v) is 11.8. The molecule has 3 heteroatoms. The van der Waals surface area contributed by atoms with E-state index >= 15 is 0 Å². The van der Waals surface area contributed by atoms with Gasteiger partial charge in [0.25, 0.3) is 0 Å². The van der Waals surface area contributed by atoms with Gasteiger partial charge < -0.3 is 5.73 Å². The van der Waals surface area contributed by atoms with Crippen LogP contribution < -0.4 is 5.73 Å². The summed E-state index contributed by atoms with van der Waals surface area (Å²) in [6.45, 7) is 7.59.